The number of amides is 1. The highest BCUT2D eigenvalue weighted by Gasteiger charge is 2.22. The van der Waals surface area contributed by atoms with Gasteiger partial charge in [-0.15, -0.1) is 0 Å². The third kappa shape index (κ3) is 3.27. The van der Waals surface area contributed by atoms with E-state index in [2.05, 4.69) is 15.3 Å². The van der Waals surface area contributed by atoms with E-state index >= 15 is 0 Å². The van der Waals surface area contributed by atoms with Crippen molar-refractivity contribution in [1.29, 1.82) is 5.26 Å². The molecule has 2 heterocycles. The molecule has 0 bridgehead atoms. The summed E-state index contributed by atoms with van der Waals surface area (Å²) in [5.41, 5.74) is 1.99. The summed E-state index contributed by atoms with van der Waals surface area (Å²) < 4.78 is 10.6. The van der Waals surface area contributed by atoms with Crippen molar-refractivity contribution < 1.29 is 14.3 Å². The number of fused-ring (bicyclic) bond motifs is 1. The first-order valence-corrected chi connectivity index (χ1v) is 7.45. The maximum atomic E-state index is 12.4. The molecule has 7 heteroatoms. The number of ether oxygens (including phenoxy) is 2. The molecule has 1 N–H and O–H groups in total. The van der Waals surface area contributed by atoms with E-state index in [1.165, 1.54) is 0 Å². The Labute approximate surface area is 139 Å². The minimum absolute atomic E-state index is 0.202. The molecule has 0 saturated carbocycles. The third-order valence-corrected chi connectivity index (χ3v) is 3.58. The summed E-state index contributed by atoms with van der Waals surface area (Å²) in [5.74, 6) is 0.508. The van der Waals surface area contributed by atoms with Gasteiger partial charge in [-0.3, -0.25) is 4.79 Å². The number of nitrogens with one attached hydrogen (secondary N) is 1. The SMILES string of the molecule is Cc1cc([C@H](C#N)C(=O)NCc2ccc3c(c2)OCO3)nc(C)n1. The van der Waals surface area contributed by atoms with Crippen LogP contribution in [0.25, 0.3) is 0 Å². The Morgan fingerprint density at radius 3 is 2.83 bits per heavy atom. The number of aromatic nitrogens is 2. The quantitative estimate of drug-likeness (QED) is 0.920. The van der Waals surface area contributed by atoms with Crippen molar-refractivity contribution >= 4 is 5.91 Å². The number of benzene rings is 1. The number of hydrogen-bond donors (Lipinski definition) is 1. The maximum Gasteiger partial charge on any atom is 0.243 e. The monoisotopic (exact) mass is 324 g/mol. The largest absolute Gasteiger partial charge is 0.454 e. The average molecular weight is 324 g/mol. The lowest BCUT2D eigenvalue weighted by atomic mass is 10.0. The maximum absolute atomic E-state index is 12.4. The highest BCUT2D eigenvalue weighted by atomic mass is 16.7. The van der Waals surface area contributed by atoms with Gasteiger partial charge in [0, 0.05) is 12.2 Å². The van der Waals surface area contributed by atoms with E-state index in [4.69, 9.17) is 9.47 Å². The number of carbonyl (C=O) groups excluding carboxylic acids is 1. The second-order valence-corrected chi connectivity index (χ2v) is 5.45. The molecule has 1 aromatic heterocycles. The Morgan fingerprint density at radius 2 is 2.08 bits per heavy atom. The van der Waals surface area contributed by atoms with Crippen LogP contribution in [0, 0.1) is 25.2 Å². The van der Waals surface area contributed by atoms with Crippen LogP contribution in [0.3, 0.4) is 0 Å². The van der Waals surface area contributed by atoms with Crippen LogP contribution >= 0.6 is 0 Å². The smallest absolute Gasteiger partial charge is 0.243 e. The molecule has 1 aromatic carbocycles. The minimum atomic E-state index is -0.973. The zero-order chi connectivity index (χ0) is 17.1. The zero-order valence-corrected chi connectivity index (χ0v) is 13.4. The Morgan fingerprint density at radius 1 is 1.29 bits per heavy atom. The van der Waals surface area contributed by atoms with Crippen LogP contribution in [-0.4, -0.2) is 22.7 Å². The van der Waals surface area contributed by atoms with E-state index in [-0.39, 0.29) is 13.3 Å². The summed E-state index contributed by atoms with van der Waals surface area (Å²) in [6.07, 6.45) is 0. The lowest BCUT2D eigenvalue weighted by molar-refractivity contribution is -0.121. The summed E-state index contributed by atoms with van der Waals surface area (Å²) >= 11 is 0. The molecular formula is C17H16N4O3. The van der Waals surface area contributed by atoms with Gasteiger partial charge in [-0.25, -0.2) is 9.97 Å². The summed E-state index contributed by atoms with van der Waals surface area (Å²) in [4.78, 5) is 20.7. The second-order valence-electron chi connectivity index (χ2n) is 5.45. The minimum Gasteiger partial charge on any atom is -0.454 e. The summed E-state index contributed by atoms with van der Waals surface area (Å²) in [5, 5.41) is 12.1. The molecule has 1 aliphatic heterocycles. The number of aryl methyl sites for hydroxylation is 2. The first-order valence-electron chi connectivity index (χ1n) is 7.45. The standard InChI is InChI=1S/C17H16N4O3/c1-10-5-14(21-11(2)20-10)13(7-18)17(22)19-8-12-3-4-15-16(6-12)24-9-23-15/h3-6,13H,8-9H2,1-2H3,(H,19,22)/t13-/m0/s1. The van der Waals surface area contributed by atoms with Gasteiger partial charge in [0.25, 0.3) is 0 Å². The number of nitrogens with zero attached hydrogens (tertiary/aromatic N) is 3. The predicted octanol–water partition coefficient (Wildman–Crippen LogP) is 1.75. The van der Waals surface area contributed by atoms with E-state index in [0.717, 1.165) is 11.3 Å². The van der Waals surface area contributed by atoms with Crippen molar-refractivity contribution in [2.75, 3.05) is 6.79 Å². The van der Waals surface area contributed by atoms with Gasteiger partial charge in [-0.05, 0) is 37.6 Å². The van der Waals surface area contributed by atoms with E-state index < -0.39 is 11.8 Å². The molecule has 0 aliphatic carbocycles. The van der Waals surface area contributed by atoms with Crippen molar-refractivity contribution in [1.82, 2.24) is 15.3 Å². The van der Waals surface area contributed by atoms with Crippen molar-refractivity contribution in [2.45, 2.75) is 26.3 Å². The normalized spacial score (nSPS) is 13.2. The molecule has 0 radical (unpaired) electrons. The van der Waals surface area contributed by atoms with Gasteiger partial charge in [0.2, 0.25) is 12.7 Å². The predicted molar refractivity (Wildman–Crippen MR) is 84.3 cm³/mol. The third-order valence-electron chi connectivity index (χ3n) is 3.58. The number of nitriles is 1. The first-order chi connectivity index (χ1) is 11.6. The molecule has 0 saturated heterocycles. The Hall–Kier alpha value is -3.14. The molecule has 122 valence electrons. The van der Waals surface area contributed by atoms with Gasteiger partial charge in [0.15, 0.2) is 17.4 Å². The number of carbonyl (C=O) groups is 1. The van der Waals surface area contributed by atoms with Crippen molar-refractivity contribution in [3.63, 3.8) is 0 Å². The van der Waals surface area contributed by atoms with Crippen molar-refractivity contribution in [2.24, 2.45) is 0 Å². The van der Waals surface area contributed by atoms with Crippen LogP contribution in [-0.2, 0) is 11.3 Å². The van der Waals surface area contributed by atoms with E-state index in [1.807, 2.05) is 18.2 Å². The molecule has 1 atom stereocenters. The molecule has 1 amide bonds. The van der Waals surface area contributed by atoms with Gasteiger partial charge in [-0.1, -0.05) is 6.07 Å². The van der Waals surface area contributed by atoms with E-state index in [9.17, 15) is 10.1 Å². The van der Waals surface area contributed by atoms with Crippen LogP contribution in [0.2, 0.25) is 0 Å². The Kier molecular flexibility index (Phi) is 4.29. The fraction of sp³-hybridized carbons (Fsp3) is 0.294. The molecule has 0 spiro atoms. The highest BCUT2D eigenvalue weighted by Crippen LogP contribution is 2.32. The van der Waals surface area contributed by atoms with Crippen molar-refractivity contribution in [3.8, 4) is 17.6 Å². The molecule has 24 heavy (non-hydrogen) atoms. The van der Waals surface area contributed by atoms with Gasteiger partial charge in [0.05, 0.1) is 11.8 Å². The van der Waals surface area contributed by atoms with E-state index in [1.54, 1.807) is 26.0 Å². The van der Waals surface area contributed by atoms with Crippen LogP contribution < -0.4 is 14.8 Å². The Bertz CT molecular complexity index is 809. The van der Waals surface area contributed by atoms with Crippen LogP contribution in [0.15, 0.2) is 24.3 Å². The average Bonchev–Trinajstić information content (AvgIpc) is 3.00. The van der Waals surface area contributed by atoms with Crippen molar-refractivity contribution in [3.05, 3.63) is 47.0 Å². The fourth-order valence-corrected chi connectivity index (χ4v) is 2.49. The van der Waals surface area contributed by atoms with E-state index in [0.29, 0.717) is 23.0 Å². The molecular weight excluding hydrogens is 308 g/mol. The fourth-order valence-electron chi connectivity index (χ4n) is 2.49. The second kappa shape index (κ2) is 6.54. The molecule has 0 fully saturated rings. The van der Waals surface area contributed by atoms with Crippen LogP contribution in [0.1, 0.15) is 28.7 Å². The summed E-state index contributed by atoms with van der Waals surface area (Å²) in [6, 6.07) is 9.10. The molecule has 7 nitrogen and oxygen atoms in total. The van der Waals surface area contributed by atoms with Gasteiger partial charge < -0.3 is 14.8 Å². The highest BCUT2D eigenvalue weighted by molar-refractivity contribution is 5.85. The first kappa shape index (κ1) is 15.7. The van der Waals surface area contributed by atoms with Crippen LogP contribution in [0.4, 0.5) is 0 Å². The van der Waals surface area contributed by atoms with Gasteiger partial charge in [0.1, 0.15) is 5.82 Å². The summed E-state index contributed by atoms with van der Waals surface area (Å²) in [6.45, 7) is 4.03. The lowest BCUT2D eigenvalue weighted by Gasteiger charge is -2.11. The zero-order valence-electron chi connectivity index (χ0n) is 13.4. The lowest BCUT2D eigenvalue weighted by Crippen LogP contribution is -2.29. The summed E-state index contributed by atoms with van der Waals surface area (Å²) in [7, 11) is 0. The molecule has 2 aromatic rings. The molecule has 1 aliphatic rings. The topological polar surface area (TPSA) is 97.1 Å². The molecule has 3 rings (SSSR count). The van der Waals surface area contributed by atoms with Gasteiger partial charge in [-0.2, -0.15) is 5.26 Å². The number of rotatable bonds is 4. The molecule has 0 unspecified atom stereocenters. The van der Waals surface area contributed by atoms with Gasteiger partial charge >= 0.3 is 0 Å². The Balaban J connectivity index is 1.70. The number of hydrogen-bond acceptors (Lipinski definition) is 6. The van der Waals surface area contributed by atoms with Crippen LogP contribution in [0.5, 0.6) is 11.5 Å².